The molecule has 0 spiro atoms. The molecule has 3 heteroatoms. The Bertz CT molecular complexity index is 187. The fraction of sp³-hybridized carbons (Fsp3) is 0.900. The molecule has 0 atom stereocenters. The molecule has 0 radical (unpaired) electrons. The van der Waals surface area contributed by atoms with E-state index in [1.165, 1.54) is 19.3 Å². The first-order chi connectivity index (χ1) is 6.06. The summed E-state index contributed by atoms with van der Waals surface area (Å²) in [6.45, 7) is 5.18. The average Bonchev–Trinajstić information content (AvgIpc) is 1.96. The molecular formula is C10H18ClNO. The molecule has 0 aromatic rings. The molecule has 2 nitrogen and oxygen atoms in total. The third-order valence-electron chi connectivity index (χ3n) is 3.07. The maximum Gasteiger partial charge on any atom is 0.234 e. The molecule has 1 rings (SSSR count). The minimum atomic E-state index is -0.0611. The predicted molar refractivity (Wildman–Crippen MR) is 54.9 cm³/mol. The number of amides is 1. The predicted octanol–water partition coefficient (Wildman–Crippen LogP) is 2.17. The summed E-state index contributed by atoms with van der Waals surface area (Å²) in [7, 11) is 0. The maximum atomic E-state index is 10.9. The summed E-state index contributed by atoms with van der Waals surface area (Å²) in [6.07, 6.45) is 3.96. The van der Waals surface area contributed by atoms with Gasteiger partial charge in [-0.15, -0.1) is 11.6 Å². The number of carbonyl (C=O) groups excluding carboxylic acids is 1. The van der Waals surface area contributed by atoms with Gasteiger partial charge in [0.2, 0.25) is 5.91 Å². The minimum Gasteiger partial charge on any atom is -0.355 e. The standard InChI is InChI=1S/C10H18ClNO/c1-10(2,8-4-3-5-8)7-12-9(13)6-11/h8H,3-7H2,1-2H3,(H,12,13). The average molecular weight is 204 g/mol. The lowest BCUT2D eigenvalue weighted by molar-refractivity contribution is -0.119. The molecule has 13 heavy (non-hydrogen) atoms. The number of nitrogens with one attached hydrogen (secondary N) is 1. The van der Waals surface area contributed by atoms with Gasteiger partial charge in [-0.2, -0.15) is 0 Å². The van der Waals surface area contributed by atoms with Crippen LogP contribution in [-0.4, -0.2) is 18.3 Å². The first-order valence-corrected chi connectivity index (χ1v) is 5.42. The highest BCUT2D eigenvalue weighted by Gasteiger charge is 2.33. The summed E-state index contributed by atoms with van der Waals surface area (Å²) >= 11 is 5.40. The first kappa shape index (κ1) is 10.8. The third-order valence-corrected chi connectivity index (χ3v) is 3.32. The third kappa shape index (κ3) is 2.87. The van der Waals surface area contributed by atoms with E-state index < -0.39 is 0 Å². The van der Waals surface area contributed by atoms with Gasteiger partial charge in [-0.05, 0) is 24.2 Å². The second-order valence-electron chi connectivity index (χ2n) is 4.53. The van der Waals surface area contributed by atoms with Gasteiger partial charge in [0.1, 0.15) is 5.88 Å². The van der Waals surface area contributed by atoms with E-state index in [0.29, 0.717) is 0 Å². The zero-order valence-electron chi connectivity index (χ0n) is 8.40. The largest absolute Gasteiger partial charge is 0.355 e. The highest BCUT2D eigenvalue weighted by molar-refractivity contribution is 6.27. The summed E-state index contributed by atoms with van der Waals surface area (Å²) in [6, 6.07) is 0. The summed E-state index contributed by atoms with van der Waals surface area (Å²) in [5, 5.41) is 2.85. The smallest absolute Gasteiger partial charge is 0.234 e. The number of hydrogen-bond acceptors (Lipinski definition) is 1. The van der Waals surface area contributed by atoms with Crippen LogP contribution >= 0.6 is 11.6 Å². The van der Waals surface area contributed by atoms with Crippen molar-refractivity contribution < 1.29 is 4.79 Å². The Labute approximate surface area is 85.0 Å². The second-order valence-corrected chi connectivity index (χ2v) is 4.79. The Morgan fingerprint density at radius 2 is 2.15 bits per heavy atom. The Morgan fingerprint density at radius 1 is 1.54 bits per heavy atom. The van der Waals surface area contributed by atoms with E-state index in [1.54, 1.807) is 0 Å². The van der Waals surface area contributed by atoms with Crippen molar-refractivity contribution in [1.29, 1.82) is 0 Å². The molecule has 76 valence electrons. The van der Waals surface area contributed by atoms with Crippen molar-refractivity contribution in [3.63, 3.8) is 0 Å². The van der Waals surface area contributed by atoms with E-state index in [-0.39, 0.29) is 17.2 Å². The van der Waals surface area contributed by atoms with Crippen molar-refractivity contribution >= 4 is 17.5 Å². The van der Waals surface area contributed by atoms with Crippen molar-refractivity contribution in [2.75, 3.05) is 12.4 Å². The van der Waals surface area contributed by atoms with Gasteiger partial charge in [-0.25, -0.2) is 0 Å². The molecular weight excluding hydrogens is 186 g/mol. The van der Waals surface area contributed by atoms with Crippen LogP contribution in [0, 0.1) is 11.3 Å². The van der Waals surface area contributed by atoms with Gasteiger partial charge < -0.3 is 5.32 Å². The van der Waals surface area contributed by atoms with Gasteiger partial charge in [0.15, 0.2) is 0 Å². The molecule has 0 heterocycles. The number of halogens is 1. The lowest BCUT2D eigenvalue weighted by Crippen LogP contribution is -2.41. The number of carbonyl (C=O) groups is 1. The van der Waals surface area contributed by atoms with E-state index in [1.807, 2.05) is 0 Å². The van der Waals surface area contributed by atoms with E-state index in [0.717, 1.165) is 12.5 Å². The minimum absolute atomic E-state index is 0.0611. The quantitative estimate of drug-likeness (QED) is 0.698. The zero-order chi connectivity index (χ0) is 9.90. The van der Waals surface area contributed by atoms with Crippen LogP contribution < -0.4 is 5.32 Å². The monoisotopic (exact) mass is 203 g/mol. The molecule has 0 unspecified atom stereocenters. The molecule has 0 aliphatic heterocycles. The normalized spacial score (nSPS) is 18.1. The van der Waals surface area contributed by atoms with Crippen LogP contribution in [0.2, 0.25) is 0 Å². The number of rotatable bonds is 4. The van der Waals surface area contributed by atoms with Crippen LogP contribution in [0.25, 0.3) is 0 Å². The van der Waals surface area contributed by atoms with Crippen molar-refractivity contribution in [3.8, 4) is 0 Å². The molecule has 1 aliphatic carbocycles. The Balaban J connectivity index is 2.28. The molecule has 1 saturated carbocycles. The molecule has 0 aromatic carbocycles. The van der Waals surface area contributed by atoms with Gasteiger partial charge in [-0.1, -0.05) is 20.3 Å². The topological polar surface area (TPSA) is 29.1 Å². The SMILES string of the molecule is CC(C)(CNC(=O)CCl)C1CCC1. The van der Waals surface area contributed by atoms with Gasteiger partial charge >= 0.3 is 0 Å². The lowest BCUT2D eigenvalue weighted by atomic mass is 9.67. The molecule has 1 fully saturated rings. The molecule has 0 saturated heterocycles. The summed E-state index contributed by atoms with van der Waals surface area (Å²) in [5.41, 5.74) is 0.236. The van der Waals surface area contributed by atoms with Crippen LogP contribution in [0.1, 0.15) is 33.1 Å². The molecule has 1 aliphatic rings. The number of hydrogen-bond donors (Lipinski definition) is 1. The van der Waals surface area contributed by atoms with E-state index >= 15 is 0 Å². The number of alkyl halides is 1. The lowest BCUT2D eigenvalue weighted by Gasteiger charge is -2.40. The summed E-state index contributed by atoms with van der Waals surface area (Å²) < 4.78 is 0. The molecule has 0 aromatic heterocycles. The van der Waals surface area contributed by atoms with Crippen molar-refractivity contribution in [3.05, 3.63) is 0 Å². The summed E-state index contributed by atoms with van der Waals surface area (Å²) in [5.74, 6) is 0.790. The van der Waals surface area contributed by atoms with Gasteiger partial charge in [0, 0.05) is 6.54 Å². The van der Waals surface area contributed by atoms with Crippen LogP contribution in [0.3, 0.4) is 0 Å². The Kier molecular flexibility index (Phi) is 3.60. The maximum absolute atomic E-state index is 10.9. The second kappa shape index (κ2) is 4.32. The van der Waals surface area contributed by atoms with E-state index in [2.05, 4.69) is 19.2 Å². The van der Waals surface area contributed by atoms with E-state index in [4.69, 9.17) is 11.6 Å². The fourth-order valence-electron chi connectivity index (χ4n) is 1.71. The Hall–Kier alpha value is -0.240. The van der Waals surface area contributed by atoms with Crippen LogP contribution in [0.4, 0.5) is 0 Å². The molecule has 1 amide bonds. The molecule has 0 bridgehead atoms. The van der Waals surface area contributed by atoms with Crippen molar-refractivity contribution in [2.45, 2.75) is 33.1 Å². The molecule has 1 N–H and O–H groups in total. The fourth-order valence-corrected chi connectivity index (χ4v) is 1.80. The van der Waals surface area contributed by atoms with Crippen molar-refractivity contribution in [1.82, 2.24) is 5.32 Å². The van der Waals surface area contributed by atoms with Crippen LogP contribution in [0.5, 0.6) is 0 Å². The van der Waals surface area contributed by atoms with Gasteiger partial charge in [0.25, 0.3) is 0 Å². The first-order valence-electron chi connectivity index (χ1n) is 4.89. The highest BCUT2D eigenvalue weighted by atomic mass is 35.5. The van der Waals surface area contributed by atoms with Gasteiger partial charge in [-0.3, -0.25) is 4.79 Å². The van der Waals surface area contributed by atoms with Crippen molar-refractivity contribution in [2.24, 2.45) is 11.3 Å². The van der Waals surface area contributed by atoms with Gasteiger partial charge in [0.05, 0.1) is 0 Å². The zero-order valence-corrected chi connectivity index (χ0v) is 9.16. The van der Waals surface area contributed by atoms with Crippen LogP contribution in [-0.2, 0) is 4.79 Å². The van der Waals surface area contributed by atoms with E-state index in [9.17, 15) is 4.79 Å². The highest BCUT2D eigenvalue weighted by Crippen LogP contribution is 2.41. The van der Waals surface area contributed by atoms with Crippen LogP contribution in [0.15, 0.2) is 0 Å². The summed E-state index contributed by atoms with van der Waals surface area (Å²) in [4.78, 5) is 10.9. The Morgan fingerprint density at radius 3 is 2.54 bits per heavy atom.